The van der Waals surface area contributed by atoms with E-state index in [9.17, 15) is 9.59 Å². The number of carbonyl (C=O) groups excluding carboxylic acids is 1. The fourth-order valence-corrected chi connectivity index (χ4v) is 2.85. The van der Waals surface area contributed by atoms with Crippen LogP contribution in [0.3, 0.4) is 0 Å². The molecule has 0 saturated carbocycles. The molecule has 26 heavy (non-hydrogen) atoms. The molecule has 2 aromatic carbocycles. The van der Waals surface area contributed by atoms with Crippen LogP contribution in [0.25, 0.3) is 21.9 Å². The van der Waals surface area contributed by atoms with Crippen molar-refractivity contribution >= 4 is 33.5 Å². The molecule has 128 valence electrons. The molecule has 1 N–H and O–H groups in total. The van der Waals surface area contributed by atoms with E-state index >= 15 is 0 Å². The molecule has 1 amide bonds. The molecule has 6 nitrogen and oxygen atoms in total. The Balaban J connectivity index is 1.80. The van der Waals surface area contributed by atoms with Crippen molar-refractivity contribution in [2.45, 2.75) is 0 Å². The first kappa shape index (κ1) is 15.8. The van der Waals surface area contributed by atoms with Gasteiger partial charge in [0.15, 0.2) is 0 Å². The number of aromatic nitrogens is 1. The summed E-state index contributed by atoms with van der Waals surface area (Å²) >= 11 is 0. The number of pyridine rings is 1. The van der Waals surface area contributed by atoms with E-state index in [0.29, 0.717) is 22.3 Å². The molecule has 2 aromatic heterocycles. The number of benzene rings is 2. The number of amides is 1. The molecule has 6 heteroatoms. The quantitative estimate of drug-likeness (QED) is 0.573. The van der Waals surface area contributed by atoms with E-state index in [2.05, 4.69) is 10.3 Å². The number of rotatable bonds is 3. The highest BCUT2D eigenvalue weighted by molar-refractivity contribution is 6.14. The van der Waals surface area contributed by atoms with E-state index in [1.807, 2.05) is 24.3 Å². The Bertz CT molecular complexity index is 1190. The van der Waals surface area contributed by atoms with Gasteiger partial charge in [0.1, 0.15) is 11.3 Å². The van der Waals surface area contributed by atoms with E-state index in [4.69, 9.17) is 9.15 Å². The Labute approximate surface area is 148 Å². The van der Waals surface area contributed by atoms with Crippen molar-refractivity contribution in [3.63, 3.8) is 0 Å². The summed E-state index contributed by atoms with van der Waals surface area (Å²) < 4.78 is 10.3. The Hall–Kier alpha value is -3.67. The largest absolute Gasteiger partial charge is 0.497 e. The molecule has 0 aliphatic carbocycles. The molecule has 0 radical (unpaired) electrons. The van der Waals surface area contributed by atoms with Gasteiger partial charge in [-0.15, -0.1) is 0 Å². The highest BCUT2D eigenvalue weighted by Gasteiger charge is 2.15. The second kappa shape index (κ2) is 6.33. The lowest BCUT2D eigenvalue weighted by atomic mass is 10.1. The molecule has 0 unspecified atom stereocenters. The smallest absolute Gasteiger partial charge is 0.337 e. The van der Waals surface area contributed by atoms with Gasteiger partial charge in [0.25, 0.3) is 5.91 Å². The van der Waals surface area contributed by atoms with Crippen molar-refractivity contribution in [3.05, 3.63) is 76.8 Å². The van der Waals surface area contributed by atoms with Gasteiger partial charge in [-0.2, -0.15) is 0 Å². The van der Waals surface area contributed by atoms with Crippen molar-refractivity contribution in [3.8, 4) is 5.75 Å². The normalized spacial score (nSPS) is 10.8. The molecular weight excluding hydrogens is 332 g/mol. The fraction of sp³-hybridized carbons (Fsp3) is 0.0500. The topological polar surface area (TPSA) is 81.4 Å². The standard InChI is InChI=1S/C20H14N2O4/c1-25-13-7-8-14-15(11-18(23)26-17(14)10-13)20(24)22-16-6-2-4-12-5-3-9-21-19(12)16/h2-11H,1H3,(H,22,24). The van der Waals surface area contributed by atoms with Crippen molar-refractivity contribution in [1.29, 1.82) is 0 Å². The second-order valence-electron chi connectivity index (χ2n) is 5.68. The monoisotopic (exact) mass is 346 g/mol. The summed E-state index contributed by atoms with van der Waals surface area (Å²) in [6.45, 7) is 0. The summed E-state index contributed by atoms with van der Waals surface area (Å²) in [6, 6.07) is 15.4. The van der Waals surface area contributed by atoms with E-state index in [-0.39, 0.29) is 11.1 Å². The van der Waals surface area contributed by atoms with Gasteiger partial charge >= 0.3 is 5.63 Å². The minimum Gasteiger partial charge on any atom is -0.497 e. The molecule has 0 bridgehead atoms. The fourth-order valence-electron chi connectivity index (χ4n) is 2.85. The van der Waals surface area contributed by atoms with Gasteiger partial charge in [0.2, 0.25) is 0 Å². The summed E-state index contributed by atoms with van der Waals surface area (Å²) in [5.41, 5.74) is 1.16. The lowest BCUT2D eigenvalue weighted by Crippen LogP contribution is -2.15. The Morgan fingerprint density at radius 1 is 1.12 bits per heavy atom. The van der Waals surface area contributed by atoms with Gasteiger partial charge in [0.05, 0.1) is 23.9 Å². The van der Waals surface area contributed by atoms with Gasteiger partial charge in [-0.25, -0.2) is 4.79 Å². The molecule has 0 fully saturated rings. The minimum atomic E-state index is -0.605. The Morgan fingerprint density at radius 3 is 2.81 bits per heavy atom. The number of carbonyl (C=O) groups is 1. The van der Waals surface area contributed by atoms with Crippen molar-refractivity contribution in [2.75, 3.05) is 12.4 Å². The summed E-state index contributed by atoms with van der Waals surface area (Å²) in [6.07, 6.45) is 1.66. The van der Waals surface area contributed by atoms with Crippen LogP contribution >= 0.6 is 0 Å². The molecule has 0 aliphatic rings. The maximum absolute atomic E-state index is 12.8. The Kier molecular flexibility index (Phi) is 3.85. The number of nitrogens with one attached hydrogen (secondary N) is 1. The van der Waals surface area contributed by atoms with Crippen molar-refractivity contribution < 1.29 is 13.9 Å². The molecule has 0 aliphatic heterocycles. The highest BCUT2D eigenvalue weighted by atomic mass is 16.5. The average molecular weight is 346 g/mol. The first-order valence-electron chi connectivity index (χ1n) is 7.93. The molecule has 4 aromatic rings. The number of hydrogen-bond acceptors (Lipinski definition) is 5. The average Bonchev–Trinajstić information content (AvgIpc) is 2.67. The van der Waals surface area contributed by atoms with Gasteiger partial charge in [-0.3, -0.25) is 9.78 Å². The van der Waals surface area contributed by atoms with Crippen LogP contribution in [-0.4, -0.2) is 18.0 Å². The van der Waals surface area contributed by atoms with Crippen LogP contribution in [0, 0.1) is 0 Å². The number of ether oxygens (including phenoxy) is 1. The second-order valence-corrected chi connectivity index (χ2v) is 5.68. The summed E-state index contributed by atoms with van der Waals surface area (Å²) in [7, 11) is 1.52. The van der Waals surface area contributed by atoms with Crippen LogP contribution in [-0.2, 0) is 0 Å². The first-order valence-corrected chi connectivity index (χ1v) is 7.93. The number of anilines is 1. The van der Waals surface area contributed by atoms with Gasteiger partial charge in [-0.1, -0.05) is 18.2 Å². The summed E-state index contributed by atoms with van der Waals surface area (Å²) in [5, 5.41) is 4.27. The summed E-state index contributed by atoms with van der Waals surface area (Å²) in [5.74, 6) is 0.127. The zero-order valence-corrected chi connectivity index (χ0v) is 13.9. The third-order valence-electron chi connectivity index (χ3n) is 4.08. The first-order chi connectivity index (χ1) is 12.7. The molecule has 0 atom stereocenters. The molecule has 0 spiro atoms. The Morgan fingerprint density at radius 2 is 1.96 bits per heavy atom. The summed E-state index contributed by atoms with van der Waals surface area (Å²) in [4.78, 5) is 29.0. The van der Waals surface area contributed by atoms with Crippen LogP contribution < -0.4 is 15.7 Å². The maximum Gasteiger partial charge on any atom is 0.337 e. The van der Waals surface area contributed by atoms with Crippen LogP contribution in [0.2, 0.25) is 0 Å². The lowest BCUT2D eigenvalue weighted by molar-refractivity contribution is 0.102. The molecule has 0 saturated heterocycles. The zero-order valence-electron chi connectivity index (χ0n) is 13.9. The zero-order chi connectivity index (χ0) is 18.1. The van der Waals surface area contributed by atoms with E-state index < -0.39 is 11.5 Å². The van der Waals surface area contributed by atoms with Gasteiger partial charge < -0.3 is 14.5 Å². The molecular formula is C20H14N2O4. The van der Waals surface area contributed by atoms with Crippen LogP contribution in [0.4, 0.5) is 5.69 Å². The van der Waals surface area contributed by atoms with Gasteiger partial charge in [-0.05, 0) is 24.3 Å². The predicted octanol–water partition coefficient (Wildman–Crippen LogP) is 3.60. The minimum absolute atomic E-state index is 0.229. The predicted molar refractivity (Wildman–Crippen MR) is 98.7 cm³/mol. The van der Waals surface area contributed by atoms with Crippen LogP contribution in [0.1, 0.15) is 10.4 Å². The molecule has 4 rings (SSSR count). The highest BCUT2D eigenvalue weighted by Crippen LogP contribution is 2.25. The van der Waals surface area contributed by atoms with Crippen LogP contribution in [0.15, 0.2) is 70.0 Å². The van der Waals surface area contributed by atoms with Crippen molar-refractivity contribution in [2.24, 2.45) is 0 Å². The lowest BCUT2D eigenvalue weighted by Gasteiger charge is -2.10. The number of methoxy groups -OCH3 is 1. The van der Waals surface area contributed by atoms with Crippen molar-refractivity contribution in [1.82, 2.24) is 4.98 Å². The third kappa shape index (κ3) is 2.77. The maximum atomic E-state index is 12.8. The number of hydrogen-bond donors (Lipinski definition) is 1. The van der Waals surface area contributed by atoms with Crippen LogP contribution in [0.5, 0.6) is 5.75 Å². The SMILES string of the molecule is COc1ccc2c(C(=O)Nc3cccc4cccnc34)cc(=O)oc2c1. The number of fused-ring (bicyclic) bond motifs is 2. The number of para-hydroxylation sites is 1. The molecule has 2 heterocycles. The van der Waals surface area contributed by atoms with E-state index in [1.165, 1.54) is 13.2 Å². The van der Waals surface area contributed by atoms with Gasteiger partial charge in [0, 0.05) is 29.1 Å². The third-order valence-corrected chi connectivity index (χ3v) is 4.08. The van der Waals surface area contributed by atoms with E-state index in [1.54, 1.807) is 30.5 Å². The number of nitrogens with zero attached hydrogens (tertiary/aromatic N) is 1. The van der Waals surface area contributed by atoms with E-state index in [0.717, 1.165) is 5.39 Å².